The lowest BCUT2D eigenvalue weighted by Gasteiger charge is -1.96. The Labute approximate surface area is 89.5 Å². The van der Waals surface area contributed by atoms with Crippen molar-refractivity contribution in [1.29, 1.82) is 0 Å². The molecule has 5 heteroatoms. The molecule has 0 aliphatic rings. The number of imidazole rings is 1. The summed E-state index contributed by atoms with van der Waals surface area (Å²) in [7, 11) is 0. The van der Waals surface area contributed by atoms with Gasteiger partial charge < -0.3 is 9.62 Å². The Morgan fingerprint density at radius 2 is 2.19 bits per heavy atom. The van der Waals surface area contributed by atoms with E-state index in [1.165, 1.54) is 24.5 Å². The molecule has 0 bridgehead atoms. The summed E-state index contributed by atoms with van der Waals surface area (Å²) in [4.78, 5) is 4.15. The quantitative estimate of drug-likeness (QED) is 0.639. The van der Waals surface area contributed by atoms with Gasteiger partial charge in [0.15, 0.2) is 5.76 Å². The smallest absolute Gasteiger partial charge is 0.212 e. The van der Waals surface area contributed by atoms with Gasteiger partial charge in [0.2, 0.25) is 5.82 Å². The van der Waals surface area contributed by atoms with Crippen LogP contribution in [-0.2, 0) is 0 Å². The van der Waals surface area contributed by atoms with E-state index in [-0.39, 0.29) is 5.82 Å². The van der Waals surface area contributed by atoms with E-state index in [0.29, 0.717) is 16.8 Å². The Bertz CT molecular complexity index is 643. The first-order valence-electron chi connectivity index (χ1n) is 4.67. The van der Waals surface area contributed by atoms with E-state index in [2.05, 4.69) is 4.98 Å². The number of halogens is 1. The highest BCUT2D eigenvalue weighted by Crippen LogP contribution is 2.23. The van der Waals surface area contributed by atoms with Crippen LogP contribution in [0.1, 0.15) is 0 Å². The Hall–Kier alpha value is -2.30. The van der Waals surface area contributed by atoms with E-state index >= 15 is 0 Å². The third-order valence-corrected chi connectivity index (χ3v) is 2.33. The molecule has 2 aromatic heterocycles. The number of hydrogen-bond donors (Lipinski definition) is 1. The number of hydrogen-bond acceptors (Lipinski definition) is 3. The number of benzene rings is 1. The molecule has 0 aliphatic heterocycles. The van der Waals surface area contributed by atoms with E-state index in [9.17, 15) is 9.60 Å². The van der Waals surface area contributed by atoms with Crippen LogP contribution in [0.4, 0.5) is 4.39 Å². The lowest BCUT2D eigenvalue weighted by molar-refractivity contribution is 0.201. The summed E-state index contributed by atoms with van der Waals surface area (Å²) < 4.78 is 18.9. The normalized spacial score (nSPS) is 11.1. The van der Waals surface area contributed by atoms with Crippen LogP contribution < -0.4 is 0 Å². The summed E-state index contributed by atoms with van der Waals surface area (Å²) in [5.74, 6) is 0.262. The molecule has 80 valence electrons. The van der Waals surface area contributed by atoms with E-state index in [4.69, 9.17) is 4.42 Å². The number of rotatable bonds is 1. The van der Waals surface area contributed by atoms with Gasteiger partial charge in [-0.2, -0.15) is 4.73 Å². The van der Waals surface area contributed by atoms with Crippen LogP contribution in [0.15, 0.2) is 41.0 Å². The van der Waals surface area contributed by atoms with Crippen LogP contribution in [-0.4, -0.2) is 14.9 Å². The molecule has 0 amide bonds. The van der Waals surface area contributed by atoms with E-state index < -0.39 is 5.82 Å². The van der Waals surface area contributed by atoms with E-state index in [1.54, 1.807) is 12.1 Å². The largest absolute Gasteiger partial charge is 0.461 e. The minimum absolute atomic E-state index is 0.255. The van der Waals surface area contributed by atoms with E-state index in [0.717, 1.165) is 4.73 Å². The number of aromatic nitrogens is 2. The molecular formula is C11H7FN2O2. The fourth-order valence-electron chi connectivity index (χ4n) is 1.60. The van der Waals surface area contributed by atoms with Gasteiger partial charge in [-0.25, -0.2) is 9.37 Å². The Morgan fingerprint density at radius 1 is 1.31 bits per heavy atom. The molecule has 0 saturated heterocycles. The van der Waals surface area contributed by atoms with Crippen LogP contribution in [0.2, 0.25) is 0 Å². The van der Waals surface area contributed by atoms with Crippen LogP contribution in [0.3, 0.4) is 0 Å². The van der Waals surface area contributed by atoms with Gasteiger partial charge in [0.25, 0.3) is 0 Å². The highest BCUT2D eigenvalue weighted by Gasteiger charge is 2.14. The minimum atomic E-state index is -0.423. The molecule has 1 N–H and O–H groups in total. The van der Waals surface area contributed by atoms with Crippen LogP contribution in [0.5, 0.6) is 0 Å². The van der Waals surface area contributed by atoms with Crippen molar-refractivity contribution in [3.63, 3.8) is 0 Å². The molecule has 0 fully saturated rings. The van der Waals surface area contributed by atoms with Gasteiger partial charge >= 0.3 is 0 Å². The van der Waals surface area contributed by atoms with Gasteiger partial charge in [-0.15, -0.1) is 0 Å². The van der Waals surface area contributed by atoms with Gasteiger partial charge in [-0.1, -0.05) is 0 Å². The first-order chi connectivity index (χ1) is 7.75. The van der Waals surface area contributed by atoms with Gasteiger partial charge in [0.05, 0.1) is 11.8 Å². The summed E-state index contributed by atoms with van der Waals surface area (Å²) in [6, 6.07) is 7.37. The maximum atomic E-state index is 13.0. The molecule has 3 rings (SSSR count). The summed E-state index contributed by atoms with van der Waals surface area (Å²) in [6.07, 6.45) is 1.48. The summed E-state index contributed by atoms with van der Waals surface area (Å²) >= 11 is 0. The predicted molar refractivity (Wildman–Crippen MR) is 54.6 cm³/mol. The second-order valence-electron chi connectivity index (χ2n) is 3.36. The van der Waals surface area contributed by atoms with E-state index in [1.807, 2.05) is 0 Å². The minimum Gasteiger partial charge on any atom is -0.461 e. The fourth-order valence-corrected chi connectivity index (χ4v) is 1.60. The van der Waals surface area contributed by atoms with Crippen molar-refractivity contribution in [3.05, 3.63) is 42.4 Å². The van der Waals surface area contributed by atoms with Crippen molar-refractivity contribution in [2.75, 3.05) is 0 Å². The molecule has 16 heavy (non-hydrogen) atoms. The van der Waals surface area contributed by atoms with Crippen molar-refractivity contribution in [1.82, 2.24) is 9.71 Å². The number of nitrogens with zero attached hydrogens (tertiary/aromatic N) is 2. The van der Waals surface area contributed by atoms with Gasteiger partial charge in [-0.3, -0.25) is 0 Å². The van der Waals surface area contributed by atoms with Crippen LogP contribution in [0, 0.1) is 5.82 Å². The first kappa shape index (κ1) is 8.96. The topological polar surface area (TPSA) is 51.2 Å². The Balaban J connectivity index is 2.32. The monoisotopic (exact) mass is 218 g/mol. The fraction of sp³-hybridized carbons (Fsp3) is 0. The Morgan fingerprint density at radius 3 is 2.94 bits per heavy atom. The molecular weight excluding hydrogens is 211 g/mol. The molecule has 0 saturated carbocycles. The third-order valence-electron chi connectivity index (χ3n) is 2.33. The van der Waals surface area contributed by atoms with Crippen molar-refractivity contribution < 1.29 is 14.0 Å². The van der Waals surface area contributed by atoms with Gasteiger partial charge in [0, 0.05) is 6.07 Å². The SMILES string of the molecule is On1c(-c2ccco2)nc2ccc(F)cc21. The third kappa shape index (κ3) is 1.18. The maximum absolute atomic E-state index is 13.0. The second-order valence-corrected chi connectivity index (χ2v) is 3.36. The Kier molecular flexibility index (Phi) is 1.73. The zero-order valence-corrected chi connectivity index (χ0v) is 8.09. The molecule has 4 nitrogen and oxygen atoms in total. The molecule has 3 aromatic rings. The van der Waals surface area contributed by atoms with Crippen molar-refractivity contribution in [3.8, 4) is 11.6 Å². The molecule has 0 atom stereocenters. The molecule has 0 spiro atoms. The molecule has 0 radical (unpaired) electrons. The predicted octanol–water partition coefficient (Wildman–Crippen LogP) is 2.67. The number of furan rings is 1. The van der Waals surface area contributed by atoms with Gasteiger partial charge in [-0.05, 0) is 24.3 Å². The van der Waals surface area contributed by atoms with Crippen LogP contribution >= 0.6 is 0 Å². The van der Waals surface area contributed by atoms with Gasteiger partial charge in [0.1, 0.15) is 11.3 Å². The number of fused-ring (bicyclic) bond motifs is 1. The highest BCUT2D eigenvalue weighted by atomic mass is 19.1. The van der Waals surface area contributed by atoms with Crippen molar-refractivity contribution in [2.45, 2.75) is 0 Å². The lowest BCUT2D eigenvalue weighted by atomic mass is 10.3. The summed E-state index contributed by atoms with van der Waals surface area (Å²) in [6.45, 7) is 0. The standard InChI is InChI=1S/C11H7FN2O2/c12-7-3-4-8-9(6-7)14(15)11(13-8)10-2-1-5-16-10/h1-6,15H. The zero-order chi connectivity index (χ0) is 11.1. The summed E-state index contributed by atoms with van der Waals surface area (Å²) in [5.41, 5.74) is 0.821. The second kappa shape index (κ2) is 3.10. The van der Waals surface area contributed by atoms with Crippen molar-refractivity contribution >= 4 is 11.0 Å². The zero-order valence-electron chi connectivity index (χ0n) is 8.09. The highest BCUT2D eigenvalue weighted by molar-refractivity contribution is 5.79. The maximum Gasteiger partial charge on any atom is 0.212 e. The van der Waals surface area contributed by atoms with Crippen LogP contribution in [0.25, 0.3) is 22.6 Å². The lowest BCUT2D eigenvalue weighted by Crippen LogP contribution is -1.92. The molecule has 0 aliphatic carbocycles. The molecule has 0 unspecified atom stereocenters. The first-order valence-corrected chi connectivity index (χ1v) is 4.67. The average Bonchev–Trinajstić information content (AvgIpc) is 2.87. The average molecular weight is 218 g/mol. The molecule has 2 heterocycles. The van der Waals surface area contributed by atoms with Crippen molar-refractivity contribution in [2.24, 2.45) is 0 Å². The summed E-state index contributed by atoms with van der Waals surface area (Å²) in [5, 5.41) is 9.81. The molecule has 1 aromatic carbocycles.